The van der Waals surface area contributed by atoms with Gasteiger partial charge < -0.3 is 0 Å². The van der Waals surface area contributed by atoms with Crippen LogP contribution in [0.3, 0.4) is 0 Å². The molecule has 1 saturated heterocycles. The molecule has 0 atom stereocenters. The molecule has 0 aromatic rings. The Morgan fingerprint density at radius 2 is 0.882 bits per heavy atom. The molecule has 96 valence electrons. The Labute approximate surface area is 180 Å². The van der Waals surface area contributed by atoms with E-state index in [-0.39, 0.29) is 23.7 Å². The van der Waals surface area contributed by atoms with Gasteiger partial charge in [-0.1, -0.05) is 0 Å². The van der Waals surface area contributed by atoms with E-state index < -0.39 is 26.8 Å². The van der Waals surface area contributed by atoms with Crippen LogP contribution in [0, 0.1) is 0 Å². The molecule has 1 aliphatic rings. The maximum absolute atomic E-state index is 5.44. The molecular weight excluding hydrogens is 709 g/mol. The molecule has 0 spiro atoms. The quantitative estimate of drug-likeness (QED) is 0.337. The Bertz CT molecular complexity index is 89.8. The Kier molecular flexibility index (Phi) is 51.9. The predicted molar refractivity (Wildman–Crippen MR) is 97.5 cm³/mol. The molecule has 1 fully saturated rings. The summed E-state index contributed by atoms with van der Waals surface area (Å²) in [5.74, 6) is 8.40. The van der Waals surface area contributed by atoms with Crippen molar-refractivity contribution in [3.8, 4) is 0 Å². The number of rotatable bonds is 0. The molecule has 1 heterocycles. The number of hydrogen-bond donors (Lipinski definition) is 0. The van der Waals surface area contributed by atoms with Crippen molar-refractivity contribution in [3.05, 3.63) is 0 Å². The predicted octanol–water partition coefficient (Wildman–Crippen LogP) is 2.36. The maximum atomic E-state index is 5.44. The third-order valence-corrected chi connectivity index (χ3v) is 11.4. The molecule has 1 aliphatic heterocycles. The summed E-state index contributed by atoms with van der Waals surface area (Å²) in [6, 6.07) is 0. The molecule has 0 bridgehead atoms. The average Bonchev–Trinajstić information content (AvgIpc) is 2.22. The van der Waals surface area contributed by atoms with Crippen molar-refractivity contribution >= 4 is 143 Å². The van der Waals surface area contributed by atoms with Gasteiger partial charge in [0, 0.05) is 0 Å². The van der Waals surface area contributed by atoms with E-state index in [9.17, 15) is 0 Å². The molecule has 0 nitrogen and oxygen atoms in total. The van der Waals surface area contributed by atoms with Crippen LogP contribution in [0.2, 0.25) is 40.9 Å². The molecule has 1 rings (SSSR count). The van der Waals surface area contributed by atoms with E-state index in [0.717, 1.165) is 0 Å². The molecule has 0 amide bonds. The van der Waals surface area contributed by atoms with E-state index >= 15 is 0 Å². The van der Waals surface area contributed by atoms with E-state index in [4.69, 9.17) is 20.0 Å². The van der Waals surface area contributed by atoms with Gasteiger partial charge in [-0.05, 0) is 0 Å². The fourth-order valence-electron chi connectivity index (χ4n) is 0.440. The average molecular weight is 731 g/mol. The van der Waals surface area contributed by atoms with Crippen molar-refractivity contribution in [1.82, 2.24) is 0 Å². The molecule has 0 aromatic carbocycles. The first-order valence-corrected chi connectivity index (χ1v) is 26.0. The van der Waals surface area contributed by atoms with Gasteiger partial charge in [-0.3, -0.25) is 0 Å². The Balaban J connectivity index is -0.0000000698. The van der Waals surface area contributed by atoms with Crippen LogP contribution in [0.4, 0.5) is 0 Å². The van der Waals surface area contributed by atoms with Crippen LogP contribution in [0.1, 0.15) is 0 Å². The molecule has 0 N–H and O–H groups in total. The van der Waals surface area contributed by atoms with Crippen molar-refractivity contribution in [3.63, 3.8) is 0 Å². The second-order valence-corrected chi connectivity index (χ2v) is 25.2. The minimum absolute atomic E-state index is 0. The second kappa shape index (κ2) is 29.3. The Morgan fingerprint density at radius 3 is 0.941 bits per heavy atom. The zero-order valence-corrected chi connectivity index (χ0v) is 25.1. The van der Waals surface area contributed by atoms with Crippen LogP contribution in [-0.4, -0.2) is 123 Å². The summed E-state index contributed by atoms with van der Waals surface area (Å²) in [5.41, 5.74) is 0. The first kappa shape index (κ1) is 30.1. The van der Waals surface area contributed by atoms with Crippen LogP contribution in [-0.2, 0) is 0 Å². The third-order valence-electron chi connectivity index (χ3n) is 0.744. The van der Waals surface area contributed by atoms with Crippen molar-refractivity contribution < 1.29 is 0 Å². The summed E-state index contributed by atoms with van der Waals surface area (Å²) in [7, 11) is 10.9. The summed E-state index contributed by atoms with van der Waals surface area (Å²) in [6.07, 6.45) is 0. The standard InChI is InChI=1S/C4H8Te2.2C2H6ClGe.2Li.H2Te/c1-2-6-4-3-5-1;2*1-4(2)3;;;/h1-4H2;2*1-2H3;;;1H2. The molecule has 17 heavy (non-hydrogen) atoms. The summed E-state index contributed by atoms with van der Waals surface area (Å²) in [6.45, 7) is 0. The molecule has 0 unspecified atom stereocenters. The molecule has 0 aromatic heterocycles. The van der Waals surface area contributed by atoms with Gasteiger partial charge in [-0.2, -0.15) is 0 Å². The van der Waals surface area contributed by atoms with E-state index in [1.807, 2.05) is 30.8 Å². The van der Waals surface area contributed by atoms with Gasteiger partial charge in [-0.15, -0.1) is 0 Å². The van der Waals surface area contributed by atoms with Crippen LogP contribution in [0.15, 0.2) is 0 Å². The fourth-order valence-corrected chi connectivity index (χ4v) is 12.0. The number of halogens is 2. The van der Waals surface area contributed by atoms with Crippen LogP contribution in [0.5, 0.6) is 0 Å². The molecule has 2 radical (unpaired) electrons. The van der Waals surface area contributed by atoms with Crippen molar-refractivity contribution in [2.24, 2.45) is 0 Å². The van der Waals surface area contributed by atoms with Gasteiger partial charge in [0.2, 0.25) is 0 Å². The summed E-state index contributed by atoms with van der Waals surface area (Å²) in [4.78, 5) is 0. The van der Waals surface area contributed by atoms with E-state index in [1.54, 1.807) is 17.9 Å². The fraction of sp³-hybridized carbons (Fsp3) is 1.00. The van der Waals surface area contributed by atoms with E-state index in [1.165, 1.54) is 0 Å². The third kappa shape index (κ3) is 62.3. The molecule has 9 heteroatoms. The van der Waals surface area contributed by atoms with Crippen LogP contribution in [0.25, 0.3) is 0 Å². The van der Waals surface area contributed by atoms with E-state index in [2.05, 4.69) is 23.0 Å². The van der Waals surface area contributed by atoms with Gasteiger partial charge in [0.15, 0.2) is 0 Å². The van der Waals surface area contributed by atoms with Crippen molar-refractivity contribution in [2.75, 3.05) is 0 Å². The molecule has 0 aliphatic carbocycles. The SMILES string of the molecule is C1C[Te]CC[Te]1.[CH3][Ge]([CH3])[Cl].[CH3][Ge]([CH3])[Cl].[Li][Li].[TeH2]. The van der Waals surface area contributed by atoms with Gasteiger partial charge in [0.25, 0.3) is 0 Å². The normalized spacial score (nSPS) is 13.2. The topological polar surface area (TPSA) is 0 Å². The zero-order valence-electron chi connectivity index (χ0n) is 11.9. The van der Waals surface area contributed by atoms with Crippen LogP contribution >= 0.6 is 20.0 Å². The van der Waals surface area contributed by atoms with Gasteiger partial charge in [-0.25, -0.2) is 0 Å². The first-order valence-electron chi connectivity index (χ1n) is 5.53. The second-order valence-electron chi connectivity index (χ2n) is 2.98. The van der Waals surface area contributed by atoms with E-state index in [0.29, 0.717) is 41.8 Å². The summed E-state index contributed by atoms with van der Waals surface area (Å²) in [5, 5.41) is 0. The van der Waals surface area contributed by atoms with Crippen LogP contribution < -0.4 is 0 Å². The van der Waals surface area contributed by atoms with Crippen molar-refractivity contribution in [1.29, 1.82) is 0 Å². The number of hydrogen-bond acceptors (Lipinski definition) is 0. The van der Waals surface area contributed by atoms with Gasteiger partial charge in [0.05, 0.1) is 0 Å². The first-order chi connectivity index (χ1) is 7.46. The zero-order chi connectivity index (χ0) is 13.4. The monoisotopic (exact) mass is 740 g/mol. The Morgan fingerprint density at radius 1 is 0.765 bits per heavy atom. The minimum atomic E-state index is -0.861. The van der Waals surface area contributed by atoms with Crippen molar-refractivity contribution in [2.45, 2.75) is 40.9 Å². The summed E-state index contributed by atoms with van der Waals surface area (Å²) < 4.78 is 6.75. The molecule has 0 saturated carbocycles. The summed E-state index contributed by atoms with van der Waals surface area (Å²) >= 11 is 3.49. The van der Waals surface area contributed by atoms with Gasteiger partial charge >= 0.3 is 184 Å². The Hall–Kier alpha value is 5.23. The molecular formula is C8H22Cl2Ge2Li2Te3. The van der Waals surface area contributed by atoms with Gasteiger partial charge in [0.1, 0.15) is 0 Å².